The SMILES string of the molecule is O=C1CCC(c2ccc(F)nc2)CC1. The van der Waals surface area contributed by atoms with E-state index in [0.29, 0.717) is 24.5 Å². The molecule has 1 aromatic rings. The molecule has 0 saturated heterocycles. The Hall–Kier alpha value is -1.25. The molecule has 0 bridgehead atoms. The Labute approximate surface area is 82.2 Å². The standard InChI is InChI=1S/C11H12FNO/c12-11-6-3-9(7-13-11)8-1-4-10(14)5-2-8/h3,6-8H,1-2,4-5H2. The number of hydrogen-bond acceptors (Lipinski definition) is 2. The normalized spacial score (nSPS) is 18.5. The van der Waals surface area contributed by atoms with E-state index in [9.17, 15) is 9.18 Å². The highest BCUT2D eigenvalue weighted by Gasteiger charge is 2.20. The Bertz CT molecular complexity index is 324. The van der Waals surface area contributed by atoms with Gasteiger partial charge < -0.3 is 0 Å². The third-order valence-electron chi connectivity index (χ3n) is 2.76. The molecule has 0 amide bonds. The fourth-order valence-electron chi connectivity index (χ4n) is 1.90. The first kappa shape index (κ1) is 9.31. The summed E-state index contributed by atoms with van der Waals surface area (Å²) in [5, 5.41) is 0. The van der Waals surface area contributed by atoms with Crippen molar-refractivity contribution >= 4 is 5.78 Å². The molecule has 1 aliphatic rings. The zero-order valence-electron chi connectivity index (χ0n) is 7.87. The number of nitrogens with zero attached hydrogens (tertiary/aromatic N) is 1. The molecule has 1 heterocycles. The summed E-state index contributed by atoms with van der Waals surface area (Å²) in [4.78, 5) is 14.6. The van der Waals surface area contributed by atoms with E-state index in [1.165, 1.54) is 6.07 Å². The third kappa shape index (κ3) is 1.97. The van der Waals surface area contributed by atoms with Crippen LogP contribution >= 0.6 is 0 Å². The lowest BCUT2D eigenvalue weighted by atomic mass is 9.84. The van der Waals surface area contributed by atoms with E-state index in [-0.39, 0.29) is 0 Å². The summed E-state index contributed by atoms with van der Waals surface area (Å²) in [7, 11) is 0. The van der Waals surface area contributed by atoms with Gasteiger partial charge in [-0.05, 0) is 30.4 Å². The molecule has 1 aromatic heterocycles. The average molecular weight is 193 g/mol. The highest BCUT2D eigenvalue weighted by Crippen LogP contribution is 2.30. The molecule has 0 radical (unpaired) electrons. The van der Waals surface area contributed by atoms with Gasteiger partial charge in [-0.2, -0.15) is 4.39 Å². The van der Waals surface area contributed by atoms with Crippen LogP contribution in [0, 0.1) is 5.95 Å². The third-order valence-corrected chi connectivity index (χ3v) is 2.76. The van der Waals surface area contributed by atoms with Crippen molar-refractivity contribution in [3.63, 3.8) is 0 Å². The smallest absolute Gasteiger partial charge is 0.212 e. The summed E-state index contributed by atoms with van der Waals surface area (Å²) in [6.45, 7) is 0. The molecular weight excluding hydrogens is 181 g/mol. The maximum atomic E-state index is 12.6. The van der Waals surface area contributed by atoms with Crippen molar-refractivity contribution in [1.29, 1.82) is 0 Å². The molecule has 0 aliphatic heterocycles. The number of Topliss-reactive ketones (excluding diaryl/α,β-unsaturated/α-hetero) is 1. The summed E-state index contributed by atoms with van der Waals surface area (Å²) in [5.74, 6) is 0.290. The van der Waals surface area contributed by atoms with Gasteiger partial charge in [0.25, 0.3) is 0 Å². The number of rotatable bonds is 1. The van der Waals surface area contributed by atoms with Crippen molar-refractivity contribution in [1.82, 2.24) is 4.98 Å². The van der Waals surface area contributed by atoms with Crippen molar-refractivity contribution in [3.05, 3.63) is 29.8 Å². The number of carbonyl (C=O) groups excluding carboxylic acids is 1. The van der Waals surface area contributed by atoms with Crippen molar-refractivity contribution in [2.75, 3.05) is 0 Å². The first-order chi connectivity index (χ1) is 6.75. The van der Waals surface area contributed by atoms with Crippen LogP contribution in [0.5, 0.6) is 0 Å². The molecule has 1 aliphatic carbocycles. The van der Waals surface area contributed by atoms with Crippen LogP contribution in [-0.2, 0) is 4.79 Å². The zero-order valence-corrected chi connectivity index (χ0v) is 7.87. The first-order valence-electron chi connectivity index (χ1n) is 4.89. The van der Waals surface area contributed by atoms with Crippen LogP contribution in [0.4, 0.5) is 4.39 Å². The van der Waals surface area contributed by atoms with E-state index in [4.69, 9.17) is 0 Å². The maximum absolute atomic E-state index is 12.6. The molecule has 0 unspecified atom stereocenters. The highest BCUT2D eigenvalue weighted by atomic mass is 19.1. The second kappa shape index (κ2) is 3.86. The Balaban J connectivity index is 2.08. The van der Waals surface area contributed by atoms with Gasteiger partial charge in [0.15, 0.2) is 0 Å². The van der Waals surface area contributed by atoms with Crippen LogP contribution < -0.4 is 0 Å². The number of carbonyl (C=O) groups is 1. The van der Waals surface area contributed by atoms with Crippen molar-refractivity contribution in [2.45, 2.75) is 31.6 Å². The number of pyridine rings is 1. The van der Waals surface area contributed by atoms with Gasteiger partial charge >= 0.3 is 0 Å². The van der Waals surface area contributed by atoms with E-state index in [2.05, 4.69) is 4.98 Å². The fourth-order valence-corrected chi connectivity index (χ4v) is 1.90. The largest absolute Gasteiger partial charge is 0.300 e. The number of aromatic nitrogens is 1. The molecule has 1 saturated carbocycles. The number of ketones is 1. The van der Waals surface area contributed by atoms with Gasteiger partial charge in [0.2, 0.25) is 5.95 Å². The van der Waals surface area contributed by atoms with Crippen molar-refractivity contribution in [3.8, 4) is 0 Å². The summed E-state index contributed by atoms with van der Waals surface area (Å²) in [6, 6.07) is 3.15. The summed E-state index contributed by atoms with van der Waals surface area (Å²) in [6.07, 6.45) is 4.65. The molecule has 0 N–H and O–H groups in total. The molecule has 1 fully saturated rings. The van der Waals surface area contributed by atoms with E-state index < -0.39 is 5.95 Å². The minimum absolute atomic E-state index is 0.344. The van der Waals surface area contributed by atoms with Gasteiger partial charge in [0, 0.05) is 19.0 Å². The van der Waals surface area contributed by atoms with Crippen LogP contribution in [0.15, 0.2) is 18.3 Å². The maximum Gasteiger partial charge on any atom is 0.212 e. The average Bonchev–Trinajstić information content (AvgIpc) is 2.21. The van der Waals surface area contributed by atoms with E-state index >= 15 is 0 Å². The van der Waals surface area contributed by atoms with Gasteiger partial charge in [0.05, 0.1) is 0 Å². The van der Waals surface area contributed by atoms with E-state index in [1.54, 1.807) is 12.3 Å². The highest BCUT2D eigenvalue weighted by molar-refractivity contribution is 5.79. The summed E-state index contributed by atoms with van der Waals surface area (Å²) >= 11 is 0. The second-order valence-electron chi connectivity index (χ2n) is 3.73. The lowest BCUT2D eigenvalue weighted by Gasteiger charge is -2.20. The first-order valence-corrected chi connectivity index (χ1v) is 4.89. The predicted octanol–water partition coefficient (Wildman–Crippen LogP) is 2.45. The van der Waals surface area contributed by atoms with Crippen molar-refractivity contribution in [2.24, 2.45) is 0 Å². The predicted molar refractivity (Wildman–Crippen MR) is 50.4 cm³/mol. The molecule has 74 valence electrons. The van der Waals surface area contributed by atoms with Gasteiger partial charge in [0.1, 0.15) is 5.78 Å². The molecule has 0 atom stereocenters. The molecule has 0 spiro atoms. The van der Waals surface area contributed by atoms with Crippen LogP contribution in [0.2, 0.25) is 0 Å². The van der Waals surface area contributed by atoms with E-state index in [0.717, 1.165) is 18.4 Å². The summed E-state index contributed by atoms with van der Waals surface area (Å²) in [5.41, 5.74) is 1.05. The van der Waals surface area contributed by atoms with Crippen LogP contribution in [-0.4, -0.2) is 10.8 Å². The van der Waals surface area contributed by atoms with Crippen LogP contribution in [0.25, 0.3) is 0 Å². The Morgan fingerprint density at radius 2 is 2.00 bits per heavy atom. The Morgan fingerprint density at radius 1 is 1.29 bits per heavy atom. The van der Waals surface area contributed by atoms with E-state index in [1.807, 2.05) is 0 Å². The minimum Gasteiger partial charge on any atom is -0.300 e. The zero-order chi connectivity index (χ0) is 9.97. The fraction of sp³-hybridized carbons (Fsp3) is 0.455. The Morgan fingerprint density at radius 3 is 2.57 bits per heavy atom. The number of halogens is 1. The van der Waals surface area contributed by atoms with Gasteiger partial charge in [-0.3, -0.25) is 4.79 Å². The lowest BCUT2D eigenvalue weighted by molar-refractivity contribution is -0.120. The molecule has 2 nitrogen and oxygen atoms in total. The van der Waals surface area contributed by atoms with Gasteiger partial charge in [-0.1, -0.05) is 6.07 Å². The summed E-state index contributed by atoms with van der Waals surface area (Å²) < 4.78 is 12.6. The Kier molecular flexibility index (Phi) is 2.57. The monoisotopic (exact) mass is 193 g/mol. The van der Waals surface area contributed by atoms with Gasteiger partial charge in [-0.25, -0.2) is 4.98 Å². The molecular formula is C11H12FNO. The van der Waals surface area contributed by atoms with Crippen molar-refractivity contribution < 1.29 is 9.18 Å². The minimum atomic E-state index is -0.444. The lowest BCUT2D eigenvalue weighted by Crippen LogP contribution is -2.12. The molecule has 0 aromatic carbocycles. The second-order valence-corrected chi connectivity index (χ2v) is 3.73. The van der Waals surface area contributed by atoms with Gasteiger partial charge in [-0.15, -0.1) is 0 Å². The van der Waals surface area contributed by atoms with Crippen LogP contribution in [0.3, 0.4) is 0 Å². The molecule has 2 rings (SSSR count). The molecule has 14 heavy (non-hydrogen) atoms. The number of hydrogen-bond donors (Lipinski definition) is 0. The quantitative estimate of drug-likeness (QED) is 0.641. The molecule has 3 heteroatoms. The van der Waals surface area contributed by atoms with Crippen LogP contribution in [0.1, 0.15) is 37.2 Å². The topological polar surface area (TPSA) is 30.0 Å².